The van der Waals surface area contributed by atoms with Gasteiger partial charge in [0.05, 0.1) is 10.9 Å². The number of rotatable bonds is 1. The molecule has 0 spiro atoms. The Bertz CT molecular complexity index is 358. The van der Waals surface area contributed by atoms with Gasteiger partial charge in [0, 0.05) is 0 Å². The molecule has 1 N–H and O–H groups in total. The minimum absolute atomic E-state index is 0.230. The van der Waals surface area contributed by atoms with Gasteiger partial charge in [-0.1, -0.05) is 18.2 Å². The van der Waals surface area contributed by atoms with E-state index in [2.05, 4.69) is 5.32 Å². The molecule has 16 heavy (non-hydrogen) atoms. The van der Waals surface area contributed by atoms with Crippen molar-refractivity contribution in [3.05, 3.63) is 35.4 Å². The summed E-state index contributed by atoms with van der Waals surface area (Å²) in [5.74, 6) is 0.907. The second kappa shape index (κ2) is 4.67. The lowest BCUT2D eigenvalue weighted by molar-refractivity contribution is -0.138. The smallest absolute Gasteiger partial charge is 0.302 e. The maximum atomic E-state index is 12.8. The zero-order valence-electron chi connectivity index (χ0n) is 8.55. The van der Waals surface area contributed by atoms with E-state index in [1.54, 1.807) is 12.1 Å². The van der Waals surface area contributed by atoms with Gasteiger partial charge in [0.25, 0.3) is 0 Å². The predicted molar refractivity (Wildman–Crippen MR) is 59.3 cm³/mol. The van der Waals surface area contributed by atoms with E-state index in [9.17, 15) is 13.2 Å². The highest BCUT2D eigenvalue weighted by molar-refractivity contribution is 7.99. The summed E-state index contributed by atoms with van der Waals surface area (Å²) < 4.78 is 38.3. The van der Waals surface area contributed by atoms with Crippen LogP contribution in [0, 0.1) is 0 Å². The first-order valence-corrected chi connectivity index (χ1v) is 6.15. The van der Waals surface area contributed by atoms with Crippen LogP contribution in [0.3, 0.4) is 0 Å². The molecule has 1 aliphatic heterocycles. The Labute approximate surface area is 96.4 Å². The quantitative estimate of drug-likeness (QED) is 0.816. The Hall–Kier alpha value is -0.680. The number of hydrogen-bond donors (Lipinski definition) is 1. The molecule has 1 saturated heterocycles. The Morgan fingerprint density at radius 1 is 1.25 bits per heavy atom. The van der Waals surface area contributed by atoms with E-state index in [4.69, 9.17) is 0 Å². The average Bonchev–Trinajstić information content (AvgIpc) is 2.29. The lowest BCUT2D eigenvalue weighted by atomic mass is 10.1. The minimum atomic E-state index is -4.27. The van der Waals surface area contributed by atoms with Gasteiger partial charge in [-0.15, -0.1) is 11.8 Å². The second-order valence-electron chi connectivity index (χ2n) is 3.64. The predicted octanol–water partition coefficient (Wildman–Crippen LogP) is 3.43. The Kier molecular flexibility index (Phi) is 3.44. The zero-order chi connectivity index (χ0) is 11.6. The molecule has 1 nitrogen and oxygen atoms in total. The van der Waals surface area contributed by atoms with Gasteiger partial charge in [0.1, 0.15) is 0 Å². The molecule has 1 aromatic rings. The topological polar surface area (TPSA) is 12.0 Å². The van der Waals surface area contributed by atoms with Gasteiger partial charge >= 0.3 is 6.18 Å². The molecule has 88 valence electrons. The van der Waals surface area contributed by atoms with Crippen molar-refractivity contribution in [2.75, 3.05) is 12.3 Å². The number of hydrogen-bond acceptors (Lipinski definition) is 2. The van der Waals surface area contributed by atoms with Gasteiger partial charge in [0.15, 0.2) is 0 Å². The van der Waals surface area contributed by atoms with Gasteiger partial charge in [-0.3, -0.25) is 0 Å². The molecule has 1 atom stereocenters. The van der Waals surface area contributed by atoms with Crippen molar-refractivity contribution in [2.24, 2.45) is 0 Å². The molecule has 0 amide bonds. The van der Waals surface area contributed by atoms with E-state index < -0.39 is 11.7 Å². The van der Waals surface area contributed by atoms with Gasteiger partial charge < -0.3 is 5.32 Å². The van der Waals surface area contributed by atoms with E-state index >= 15 is 0 Å². The van der Waals surface area contributed by atoms with E-state index in [0.29, 0.717) is 5.56 Å². The van der Waals surface area contributed by atoms with Crippen molar-refractivity contribution >= 4 is 11.8 Å². The van der Waals surface area contributed by atoms with Crippen LogP contribution in [-0.2, 0) is 6.18 Å². The van der Waals surface area contributed by atoms with Crippen LogP contribution in [0.5, 0.6) is 0 Å². The number of nitrogens with one attached hydrogen (secondary N) is 1. The average molecular weight is 247 g/mol. The Morgan fingerprint density at radius 3 is 2.62 bits per heavy atom. The van der Waals surface area contributed by atoms with Gasteiger partial charge in [0.2, 0.25) is 0 Å². The summed E-state index contributed by atoms with van der Waals surface area (Å²) >= 11 is 1.54. The summed E-state index contributed by atoms with van der Waals surface area (Å²) in [6.45, 7) is 0.782. The molecular weight excluding hydrogens is 235 g/mol. The van der Waals surface area contributed by atoms with Crippen LogP contribution >= 0.6 is 11.8 Å². The van der Waals surface area contributed by atoms with Crippen molar-refractivity contribution in [1.82, 2.24) is 5.32 Å². The third kappa shape index (κ3) is 2.52. The fraction of sp³-hybridized carbons (Fsp3) is 0.455. The van der Waals surface area contributed by atoms with Crippen molar-refractivity contribution in [2.45, 2.75) is 18.0 Å². The van der Waals surface area contributed by atoms with Crippen LogP contribution in [0.4, 0.5) is 13.2 Å². The molecule has 0 aliphatic carbocycles. The number of thioether (sulfide) groups is 1. The van der Waals surface area contributed by atoms with Crippen LogP contribution in [0.25, 0.3) is 0 Å². The minimum Gasteiger partial charge on any atom is -0.302 e. The lowest BCUT2D eigenvalue weighted by Crippen LogP contribution is -2.27. The summed E-state index contributed by atoms with van der Waals surface area (Å²) in [6.07, 6.45) is -3.26. The molecule has 0 aromatic heterocycles. The molecule has 2 rings (SSSR count). The van der Waals surface area contributed by atoms with Crippen LogP contribution in [0.15, 0.2) is 24.3 Å². The Balaban J connectivity index is 2.32. The van der Waals surface area contributed by atoms with Crippen molar-refractivity contribution in [1.29, 1.82) is 0 Å². The van der Waals surface area contributed by atoms with Crippen molar-refractivity contribution < 1.29 is 13.2 Å². The summed E-state index contributed by atoms with van der Waals surface area (Å²) in [7, 11) is 0. The monoisotopic (exact) mass is 247 g/mol. The van der Waals surface area contributed by atoms with Gasteiger partial charge in [-0.05, 0) is 30.3 Å². The molecule has 0 saturated carbocycles. The molecule has 0 bridgehead atoms. The van der Waals surface area contributed by atoms with Crippen molar-refractivity contribution in [3.63, 3.8) is 0 Å². The normalized spacial score (nSPS) is 22.1. The highest BCUT2D eigenvalue weighted by Crippen LogP contribution is 2.38. The van der Waals surface area contributed by atoms with E-state index in [0.717, 1.165) is 24.8 Å². The van der Waals surface area contributed by atoms with E-state index in [1.165, 1.54) is 17.8 Å². The zero-order valence-corrected chi connectivity index (χ0v) is 9.37. The van der Waals surface area contributed by atoms with Crippen LogP contribution in [0.2, 0.25) is 0 Å². The molecule has 1 unspecified atom stereocenters. The molecule has 1 heterocycles. The molecule has 0 radical (unpaired) electrons. The standard InChI is InChI=1S/C11H12F3NS/c12-11(13,14)9-5-2-1-4-8(9)10-15-6-3-7-16-10/h1-2,4-5,10,15H,3,6-7H2. The molecule has 1 aromatic carbocycles. The molecule has 1 aliphatic rings. The lowest BCUT2D eigenvalue weighted by Gasteiger charge is -2.25. The summed E-state index contributed by atoms with van der Waals surface area (Å²) in [5.41, 5.74) is -0.179. The third-order valence-electron chi connectivity index (χ3n) is 2.48. The number of halogens is 3. The SMILES string of the molecule is FC(F)(F)c1ccccc1C1NCCCS1. The van der Waals surface area contributed by atoms with Gasteiger partial charge in [-0.2, -0.15) is 13.2 Å². The van der Waals surface area contributed by atoms with Crippen LogP contribution in [-0.4, -0.2) is 12.3 Å². The molecule has 1 fully saturated rings. The fourth-order valence-corrected chi connectivity index (χ4v) is 2.92. The third-order valence-corrected chi connectivity index (χ3v) is 3.76. The highest BCUT2D eigenvalue weighted by atomic mass is 32.2. The summed E-state index contributed by atoms with van der Waals surface area (Å²) in [4.78, 5) is 0. The first kappa shape index (κ1) is 11.8. The maximum absolute atomic E-state index is 12.8. The fourth-order valence-electron chi connectivity index (χ4n) is 1.75. The van der Waals surface area contributed by atoms with E-state index in [1.807, 2.05) is 0 Å². The summed E-state index contributed by atoms with van der Waals surface area (Å²) in [6, 6.07) is 5.78. The van der Waals surface area contributed by atoms with Crippen LogP contribution < -0.4 is 5.32 Å². The maximum Gasteiger partial charge on any atom is 0.416 e. The summed E-state index contributed by atoms with van der Waals surface area (Å²) in [5, 5.41) is 2.88. The van der Waals surface area contributed by atoms with Crippen LogP contribution in [0.1, 0.15) is 22.9 Å². The van der Waals surface area contributed by atoms with Gasteiger partial charge in [-0.25, -0.2) is 0 Å². The molecule has 5 heteroatoms. The molecular formula is C11H12F3NS. The largest absolute Gasteiger partial charge is 0.416 e. The first-order valence-electron chi connectivity index (χ1n) is 5.10. The number of benzene rings is 1. The second-order valence-corrected chi connectivity index (χ2v) is 4.86. The highest BCUT2D eigenvalue weighted by Gasteiger charge is 2.35. The van der Waals surface area contributed by atoms with E-state index in [-0.39, 0.29) is 5.37 Å². The van der Waals surface area contributed by atoms with Crippen molar-refractivity contribution in [3.8, 4) is 0 Å². The number of alkyl halides is 3. The first-order chi connectivity index (χ1) is 7.59. The Morgan fingerprint density at radius 2 is 2.00 bits per heavy atom.